The molecule has 52 heavy (non-hydrogen) atoms. The van der Waals surface area contributed by atoms with Gasteiger partial charge in [-0.25, -0.2) is 0 Å². The molecule has 3 heterocycles. The van der Waals surface area contributed by atoms with Crippen LogP contribution in [0, 0.1) is 0 Å². The van der Waals surface area contributed by atoms with E-state index in [4.69, 9.17) is 0 Å². The Hall–Kier alpha value is -6.63. The second-order valence-corrected chi connectivity index (χ2v) is 13.4. The van der Waals surface area contributed by atoms with Crippen LogP contribution in [0.4, 0.5) is 0 Å². The Bertz CT molecular complexity index is 3060. The molecule has 8 aromatic carbocycles. The first-order valence-electron chi connectivity index (χ1n) is 17.4. The molecule has 7 heteroatoms. The van der Waals surface area contributed by atoms with Crippen molar-refractivity contribution in [2.45, 2.75) is 0 Å². The fourth-order valence-corrected chi connectivity index (χ4v) is 8.21. The van der Waals surface area contributed by atoms with Gasteiger partial charge >= 0.3 is 0 Å². The largest absolute Gasteiger partial charge is 1.00 e. The van der Waals surface area contributed by atoms with Crippen LogP contribution >= 0.6 is 0 Å². The van der Waals surface area contributed by atoms with Gasteiger partial charge in [0.05, 0.1) is 33.4 Å². The maximum atomic E-state index is 4.04. The van der Waals surface area contributed by atoms with Gasteiger partial charge in [-0.15, -0.1) is 0 Å². The lowest BCUT2D eigenvalue weighted by atomic mass is 10.1. The molecular formula is C45H32ClN6-. The minimum atomic E-state index is 0. The lowest BCUT2D eigenvalue weighted by Crippen LogP contribution is -3.00. The molecule has 3 aromatic heterocycles. The molecule has 3 N–H and O–H groups in total. The van der Waals surface area contributed by atoms with Crippen LogP contribution < -0.4 is 12.4 Å². The van der Waals surface area contributed by atoms with E-state index in [1.807, 2.05) is 0 Å². The molecule has 250 valence electrons. The Morgan fingerprint density at radius 3 is 1.15 bits per heavy atom. The fraction of sp³-hybridized carbons (Fsp3) is 0.0222. The molecular weight excluding hydrogens is 660 g/mol. The maximum absolute atomic E-state index is 4.04. The molecule has 0 amide bonds. The van der Waals surface area contributed by atoms with Gasteiger partial charge in [-0.1, -0.05) is 133 Å². The third-order valence-electron chi connectivity index (χ3n) is 10.6. The lowest BCUT2D eigenvalue weighted by molar-refractivity contribution is -0.00000981. The van der Waals surface area contributed by atoms with Crippen LogP contribution in [-0.2, 0) is 7.05 Å². The van der Waals surface area contributed by atoms with E-state index in [1.54, 1.807) is 0 Å². The molecule has 0 radical (unpaired) electrons. The number of aromatic nitrogens is 6. The minimum absolute atomic E-state index is 0. The zero-order valence-corrected chi connectivity index (χ0v) is 29.0. The summed E-state index contributed by atoms with van der Waals surface area (Å²) in [5.41, 5.74) is 10.3. The normalized spacial score (nSPS) is 11.8. The molecule has 6 nitrogen and oxygen atoms in total. The van der Waals surface area contributed by atoms with E-state index >= 15 is 0 Å². The second kappa shape index (κ2) is 11.5. The summed E-state index contributed by atoms with van der Waals surface area (Å²) in [7, 11) is 2.15. The van der Waals surface area contributed by atoms with E-state index in [2.05, 4.69) is 193 Å². The van der Waals surface area contributed by atoms with E-state index in [0.717, 1.165) is 56.0 Å². The number of aryl methyl sites for hydroxylation is 1. The van der Waals surface area contributed by atoms with Gasteiger partial charge in [-0.2, -0.15) is 0 Å². The summed E-state index contributed by atoms with van der Waals surface area (Å²) in [4.78, 5) is 11.9. The van der Waals surface area contributed by atoms with Crippen LogP contribution in [0.3, 0.4) is 0 Å². The van der Waals surface area contributed by atoms with Crippen LogP contribution in [0.25, 0.3) is 99.1 Å². The first kappa shape index (κ1) is 30.2. The maximum Gasteiger partial charge on any atom is 0.159 e. The average molecular weight is 692 g/mol. The molecule has 0 saturated carbocycles. The smallest absolute Gasteiger partial charge is 0.159 e. The van der Waals surface area contributed by atoms with Gasteiger partial charge in [0, 0.05) is 28.6 Å². The Labute approximate surface area is 303 Å². The van der Waals surface area contributed by atoms with Gasteiger partial charge in [0.2, 0.25) is 0 Å². The number of hydrogen-bond acceptors (Lipinski definition) is 0. The van der Waals surface area contributed by atoms with E-state index in [1.165, 1.54) is 43.1 Å². The van der Waals surface area contributed by atoms with Gasteiger partial charge in [-0.05, 0) is 45.8 Å². The van der Waals surface area contributed by atoms with Crippen LogP contribution in [-0.4, -0.2) is 28.7 Å². The van der Waals surface area contributed by atoms with Crippen molar-refractivity contribution in [1.29, 1.82) is 0 Å². The van der Waals surface area contributed by atoms with Crippen LogP contribution in [0.1, 0.15) is 0 Å². The fourth-order valence-electron chi connectivity index (χ4n) is 8.21. The summed E-state index contributed by atoms with van der Waals surface area (Å²) >= 11 is 0. The number of nitrogens with one attached hydrogen (secondary N) is 3. The highest BCUT2D eigenvalue weighted by atomic mass is 35.5. The number of benzene rings is 8. The highest BCUT2D eigenvalue weighted by Gasteiger charge is 2.20. The number of aromatic amines is 3. The number of fused-ring (bicyclic) bond motifs is 10. The van der Waals surface area contributed by atoms with Crippen LogP contribution in [0.5, 0.6) is 0 Å². The molecule has 11 aromatic rings. The van der Waals surface area contributed by atoms with Crippen molar-refractivity contribution in [3.05, 3.63) is 158 Å². The van der Waals surface area contributed by atoms with E-state index in [9.17, 15) is 0 Å². The number of hydrogen-bond donors (Lipinski definition) is 3. The van der Waals surface area contributed by atoms with Gasteiger partial charge in [0.25, 0.3) is 0 Å². The molecule has 0 fully saturated rings. The standard InChI is InChI=1S/C45H32N6.ClH/c1-49-42-44(50(36-22-10-16-28-12-2-6-18-32(28)36)38-26-24-30-14-4-8-20-34(30)40(38)46-42)48-45-43(49)47-41-35-21-9-5-15-31(35)25-27-39(41)51(45)37-23-11-17-29-13-3-7-19-33(29)37;/h2-27,46-48H,1H3;1H/p-1. The third-order valence-corrected chi connectivity index (χ3v) is 10.6. The first-order chi connectivity index (χ1) is 25.2. The Morgan fingerprint density at radius 2 is 0.712 bits per heavy atom. The summed E-state index contributed by atoms with van der Waals surface area (Å²) in [6.45, 7) is 0. The Kier molecular flexibility index (Phi) is 6.65. The zero-order valence-electron chi connectivity index (χ0n) is 28.2. The average Bonchev–Trinajstić information content (AvgIpc) is 3.19. The topological polar surface area (TPSA) is 62.2 Å². The number of halogens is 1. The molecule has 0 aliphatic rings. The molecule has 0 spiro atoms. The SMILES string of the molecule is Cn1c2[nH]c3c4ccccc4ccc3n(-c3cccc4ccccc34)c2[nH]c2c1[nH]c1c3ccccc3ccc1n2-c1cccc2ccccc12.[Cl-]. The van der Waals surface area contributed by atoms with Crippen molar-refractivity contribution in [1.82, 2.24) is 28.7 Å². The summed E-state index contributed by atoms with van der Waals surface area (Å²) in [6, 6.07) is 56.6. The van der Waals surface area contributed by atoms with Crippen molar-refractivity contribution in [2.24, 2.45) is 7.05 Å². The van der Waals surface area contributed by atoms with Crippen LogP contribution in [0.2, 0.25) is 0 Å². The zero-order chi connectivity index (χ0) is 33.6. The molecule has 0 aliphatic carbocycles. The van der Waals surface area contributed by atoms with Crippen LogP contribution in [0.15, 0.2) is 158 Å². The highest BCUT2D eigenvalue weighted by molar-refractivity contribution is 6.10. The Morgan fingerprint density at radius 1 is 0.346 bits per heavy atom. The van der Waals surface area contributed by atoms with Gasteiger partial charge in [0.15, 0.2) is 22.6 Å². The molecule has 0 unspecified atom stereocenters. The van der Waals surface area contributed by atoms with E-state index in [-0.39, 0.29) is 12.4 Å². The summed E-state index contributed by atoms with van der Waals surface area (Å²) in [5, 5.41) is 9.48. The minimum Gasteiger partial charge on any atom is -1.00 e. The summed E-state index contributed by atoms with van der Waals surface area (Å²) in [5.74, 6) is 0. The van der Waals surface area contributed by atoms with Crippen molar-refractivity contribution in [2.75, 3.05) is 0 Å². The Balaban J connectivity index is 0.00000338. The molecule has 0 saturated heterocycles. The van der Waals surface area contributed by atoms with Crippen molar-refractivity contribution < 1.29 is 12.4 Å². The number of rotatable bonds is 2. The monoisotopic (exact) mass is 691 g/mol. The van der Waals surface area contributed by atoms with Gasteiger partial charge in [-0.3, -0.25) is 9.13 Å². The summed E-state index contributed by atoms with van der Waals surface area (Å²) in [6.07, 6.45) is 0. The molecule has 11 rings (SSSR count). The van der Waals surface area contributed by atoms with Gasteiger partial charge < -0.3 is 31.9 Å². The summed E-state index contributed by atoms with van der Waals surface area (Å²) < 4.78 is 7.06. The molecule has 0 atom stereocenters. The molecule has 0 aliphatic heterocycles. The van der Waals surface area contributed by atoms with Crippen molar-refractivity contribution >= 4 is 87.7 Å². The molecule has 0 bridgehead atoms. The third kappa shape index (κ3) is 4.25. The predicted octanol–water partition coefficient (Wildman–Crippen LogP) is 8.51. The predicted molar refractivity (Wildman–Crippen MR) is 214 cm³/mol. The highest BCUT2D eigenvalue weighted by Crippen LogP contribution is 2.36. The number of H-pyrrole nitrogens is 3. The lowest BCUT2D eigenvalue weighted by Gasteiger charge is -2.24. The van der Waals surface area contributed by atoms with Crippen molar-refractivity contribution in [3.63, 3.8) is 0 Å². The second-order valence-electron chi connectivity index (χ2n) is 13.4. The van der Waals surface area contributed by atoms with E-state index in [0.29, 0.717) is 0 Å². The van der Waals surface area contributed by atoms with E-state index < -0.39 is 0 Å². The van der Waals surface area contributed by atoms with Crippen molar-refractivity contribution in [3.8, 4) is 11.4 Å². The first-order valence-corrected chi connectivity index (χ1v) is 17.4. The van der Waals surface area contributed by atoms with Gasteiger partial charge in [0.1, 0.15) is 0 Å². The number of nitrogens with zero attached hydrogens (tertiary/aromatic N) is 3. The quantitative estimate of drug-likeness (QED) is 0.120.